The number of aromatic nitrogens is 4. The van der Waals surface area contributed by atoms with Crippen molar-refractivity contribution in [3.05, 3.63) is 91.3 Å². The minimum absolute atomic E-state index is 0.0166. The fraction of sp³-hybridized carbons (Fsp3) is 0.280. The summed E-state index contributed by atoms with van der Waals surface area (Å²) in [6, 6.07) is 7.05. The van der Waals surface area contributed by atoms with Gasteiger partial charge < -0.3 is 9.84 Å². The van der Waals surface area contributed by atoms with E-state index in [1.54, 1.807) is 0 Å². The predicted molar refractivity (Wildman–Crippen MR) is 141 cm³/mol. The van der Waals surface area contributed by atoms with E-state index in [1.807, 2.05) is 0 Å². The molecule has 0 fully saturated rings. The normalized spacial score (nSPS) is 12.2. The molecule has 2 heterocycles. The van der Waals surface area contributed by atoms with Crippen molar-refractivity contribution >= 4 is 38.6 Å². The average molecular weight is 597 g/mol. The number of nitrogens with zero attached hydrogens (tertiary/aromatic N) is 4. The van der Waals surface area contributed by atoms with E-state index in [2.05, 4.69) is 4.98 Å². The van der Waals surface area contributed by atoms with Crippen molar-refractivity contribution in [2.24, 2.45) is 0 Å². The molecular formula is C25H23ClF2N4O7S. The first-order chi connectivity index (χ1) is 18.6. The van der Waals surface area contributed by atoms with Crippen molar-refractivity contribution in [1.29, 1.82) is 0 Å². The third-order valence-electron chi connectivity index (χ3n) is 5.71. The smallest absolute Gasteiger partial charge is 0.349 e. The number of rotatable bonds is 8. The van der Waals surface area contributed by atoms with Crippen molar-refractivity contribution in [3.8, 4) is 5.88 Å². The number of hydrogen-bond donors (Lipinski definition) is 1. The molecule has 15 heteroatoms. The van der Waals surface area contributed by atoms with Gasteiger partial charge in [0.05, 0.1) is 35.9 Å². The standard InChI is InChI=1S/C25H23ClF2N4O7S/c1-25(2,36)10-20(33)31-19-8-14(4-7-18(19)32(24(31)35)40(3,37)38)11-30-13-29-22(21(26)23(30)34)39-12-15-5-6-16(27)9-17(15)28/h4-9,13,36H,10-12H2,1-3H3. The molecule has 2 aromatic carbocycles. The van der Waals surface area contributed by atoms with Crippen molar-refractivity contribution < 1.29 is 31.8 Å². The van der Waals surface area contributed by atoms with Gasteiger partial charge in [-0.15, -0.1) is 0 Å². The molecule has 0 amide bonds. The SMILES string of the molecule is CC(C)(O)CC(=O)n1c(=O)n(S(C)(=O)=O)c2ccc(Cn3cnc(OCc4ccc(F)cc4F)c(Cl)c3=O)cc21. The van der Waals surface area contributed by atoms with Gasteiger partial charge in [0.15, 0.2) is 5.02 Å². The van der Waals surface area contributed by atoms with Gasteiger partial charge in [-0.25, -0.2) is 31.5 Å². The molecular weight excluding hydrogens is 574 g/mol. The second-order valence-electron chi connectivity index (χ2n) is 9.67. The predicted octanol–water partition coefficient (Wildman–Crippen LogP) is 2.53. The lowest BCUT2D eigenvalue weighted by Crippen LogP contribution is -2.35. The Morgan fingerprint density at radius 1 is 1.12 bits per heavy atom. The molecule has 0 spiro atoms. The molecule has 11 nitrogen and oxygen atoms in total. The summed E-state index contributed by atoms with van der Waals surface area (Å²) in [6.45, 7) is 2.21. The summed E-state index contributed by atoms with van der Waals surface area (Å²) in [6.07, 6.45) is 1.46. The minimum Gasteiger partial charge on any atom is -0.471 e. The number of halogens is 3. The number of imidazole rings is 1. The van der Waals surface area contributed by atoms with Crippen LogP contribution in [0.25, 0.3) is 11.0 Å². The van der Waals surface area contributed by atoms with Crippen molar-refractivity contribution in [2.45, 2.75) is 39.0 Å². The summed E-state index contributed by atoms with van der Waals surface area (Å²) in [7, 11) is -4.11. The van der Waals surface area contributed by atoms with Crippen LogP contribution in [0.15, 0.2) is 52.3 Å². The molecule has 1 N–H and O–H groups in total. The second-order valence-corrected chi connectivity index (χ2v) is 11.9. The summed E-state index contributed by atoms with van der Waals surface area (Å²) in [5, 5.41) is 9.66. The Kier molecular flexibility index (Phi) is 7.71. The first kappa shape index (κ1) is 29.1. The highest BCUT2D eigenvalue weighted by Crippen LogP contribution is 2.22. The Bertz CT molecular complexity index is 1870. The van der Waals surface area contributed by atoms with Gasteiger partial charge in [-0.3, -0.25) is 14.2 Å². The fourth-order valence-corrected chi connectivity index (χ4v) is 5.06. The van der Waals surface area contributed by atoms with Crippen LogP contribution in [0.4, 0.5) is 8.78 Å². The van der Waals surface area contributed by atoms with Gasteiger partial charge in [0.25, 0.3) is 5.56 Å². The number of hydrogen-bond acceptors (Lipinski definition) is 8. The molecule has 2 aromatic heterocycles. The van der Waals surface area contributed by atoms with Gasteiger partial charge in [0, 0.05) is 11.6 Å². The average Bonchev–Trinajstić information content (AvgIpc) is 3.13. The maximum Gasteiger partial charge on any atom is 0.349 e. The first-order valence-corrected chi connectivity index (χ1v) is 13.8. The summed E-state index contributed by atoms with van der Waals surface area (Å²) in [5.74, 6) is -2.71. The molecule has 0 unspecified atom stereocenters. The number of benzene rings is 2. The molecule has 0 saturated heterocycles. The van der Waals surface area contributed by atoms with Crippen molar-refractivity contribution in [2.75, 3.05) is 6.26 Å². The molecule has 0 aliphatic carbocycles. The Morgan fingerprint density at radius 2 is 1.82 bits per heavy atom. The maximum absolute atomic E-state index is 13.9. The van der Waals surface area contributed by atoms with Crippen LogP contribution in [0.3, 0.4) is 0 Å². The third-order valence-corrected chi connectivity index (χ3v) is 7.05. The number of aliphatic hydroxyl groups is 1. The van der Waals surface area contributed by atoms with Crippen LogP contribution in [-0.4, -0.2) is 49.4 Å². The highest BCUT2D eigenvalue weighted by Gasteiger charge is 2.27. The molecule has 0 bridgehead atoms. The van der Waals surface area contributed by atoms with Crippen molar-refractivity contribution in [3.63, 3.8) is 0 Å². The van der Waals surface area contributed by atoms with Crippen molar-refractivity contribution in [1.82, 2.24) is 18.1 Å². The largest absolute Gasteiger partial charge is 0.471 e. The van der Waals surface area contributed by atoms with E-state index in [1.165, 1.54) is 38.1 Å². The van der Waals surface area contributed by atoms with Crippen LogP contribution in [0.5, 0.6) is 5.88 Å². The molecule has 4 aromatic rings. The van der Waals surface area contributed by atoms with Gasteiger partial charge in [-0.05, 0) is 43.7 Å². The molecule has 0 atom stereocenters. The van der Waals surface area contributed by atoms with Gasteiger partial charge in [0.1, 0.15) is 24.6 Å². The fourth-order valence-electron chi connectivity index (χ4n) is 3.97. The quantitative estimate of drug-likeness (QED) is 0.327. The monoisotopic (exact) mass is 596 g/mol. The third kappa shape index (κ3) is 5.98. The number of carbonyl (C=O) groups is 1. The lowest BCUT2D eigenvalue weighted by molar-refractivity contribution is 0.0530. The number of carbonyl (C=O) groups excluding carboxylic acids is 1. The number of ether oxygens (including phenoxy) is 1. The van der Waals surface area contributed by atoms with Crippen LogP contribution in [0, 0.1) is 11.6 Å². The maximum atomic E-state index is 13.9. The zero-order valence-corrected chi connectivity index (χ0v) is 23.0. The summed E-state index contributed by atoms with van der Waals surface area (Å²) in [4.78, 5) is 42.7. The van der Waals surface area contributed by atoms with E-state index >= 15 is 0 Å². The van der Waals surface area contributed by atoms with E-state index in [9.17, 15) is 36.7 Å². The van der Waals surface area contributed by atoms with E-state index < -0.39 is 55.9 Å². The van der Waals surface area contributed by atoms with E-state index in [0.717, 1.165) is 23.2 Å². The van der Waals surface area contributed by atoms with Gasteiger partial charge in [-0.1, -0.05) is 17.7 Å². The zero-order chi connectivity index (χ0) is 29.6. The van der Waals surface area contributed by atoms with Crippen LogP contribution < -0.4 is 16.0 Å². The molecule has 0 radical (unpaired) electrons. The first-order valence-electron chi connectivity index (χ1n) is 11.6. The van der Waals surface area contributed by atoms with Gasteiger partial charge in [-0.2, -0.15) is 3.97 Å². The minimum atomic E-state index is -4.11. The Hall–Kier alpha value is -3.88. The summed E-state index contributed by atoms with van der Waals surface area (Å²) < 4.78 is 59.2. The molecule has 4 rings (SSSR count). The van der Waals surface area contributed by atoms with Crippen LogP contribution in [-0.2, 0) is 23.2 Å². The van der Waals surface area contributed by atoms with E-state index in [4.69, 9.17) is 16.3 Å². The van der Waals surface area contributed by atoms with E-state index in [0.29, 0.717) is 20.2 Å². The molecule has 0 saturated carbocycles. The topological polar surface area (TPSA) is 142 Å². The molecule has 0 aliphatic rings. The summed E-state index contributed by atoms with van der Waals surface area (Å²) in [5.41, 5.74) is -3.04. The Morgan fingerprint density at radius 3 is 2.45 bits per heavy atom. The van der Waals surface area contributed by atoms with Crippen LogP contribution >= 0.6 is 11.6 Å². The zero-order valence-electron chi connectivity index (χ0n) is 21.4. The number of fused-ring (bicyclic) bond motifs is 1. The van der Waals surface area contributed by atoms with Gasteiger partial charge in [0.2, 0.25) is 21.8 Å². The summed E-state index contributed by atoms with van der Waals surface area (Å²) >= 11 is 6.14. The lowest BCUT2D eigenvalue weighted by atomic mass is 10.1. The highest BCUT2D eigenvalue weighted by atomic mass is 35.5. The highest BCUT2D eigenvalue weighted by molar-refractivity contribution is 7.89. The van der Waals surface area contributed by atoms with Crippen LogP contribution in [0.1, 0.15) is 36.2 Å². The van der Waals surface area contributed by atoms with Gasteiger partial charge >= 0.3 is 5.69 Å². The molecule has 212 valence electrons. The Balaban J connectivity index is 1.69. The van der Waals surface area contributed by atoms with Crippen LogP contribution in [0.2, 0.25) is 5.02 Å². The molecule has 0 aliphatic heterocycles. The second kappa shape index (κ2) is 10.6. The lowest BCUT2D eigenvalue weighted by Gasteiger charge is -2.15. The molecule has 40 heavy (non-hydrogen) atoms. The Labute approximate surface area is 230 Å². The van der Waals surface area contributed by atoms with E-state index in [-0.39, 0.29) is 35.6 Å².